The number of aromatic nitrogens is 2. The van der Waals surface area contributed by atoms with Gasteiger partial charge in [0.15, 0.2) is 0 Å². The Balaban J connectivity index is 2.09. The monoisotopic (exact) mass is 260 g/mol. The minimum atomic E-state index is -0.00142. The molecular weight excluding hydrogens is 252 g/mol. The molecule has 15 heavy (non-hydrogen) atoms. The number of rotatable bonds is 4. The van der Waals surface area contributed by atoms with Crippen LogP contribution in [0.3, 0.4) is 0 Å². The van der Waals surface area contributed by atoms with E-state index in [-0.39, 0.29) is 6.04 Å². The highest BCUT2D eigenvalue weighted by molar-refractivity contribution is 7.16. The van der Waals surface area contributed by atoms with Crippen LogP contribution in [0.25, 0.3) is 0 Å². The van der Waals surface area contributed by atoms with Crippen molar-refractivity contribution in [2.45, 2.75) is 12.5 Å². The van der Waals surface area contributed by atoms with Gasteiger partial charge in [-0.3, -0.25) is 11.3 Å². The summed E-state index contributed by atoms with van der Waals surface area (Å²) in [6.07, 6.45) is 0.777. The van der Waals surface area contributed by atoms with E-state index in [1.807, 2.05) is 17.5 Å². The van der Waals surface area contributed by atoms with Crippen molar-refractivity contribution < 1.29 is 0 Å². The molecule has 80 valence electrons. The number of nitrogens with two attached hydrogens (primary N) is 1. The van der Waals surface area contributed by atoms with Gasteiger partial charge in [0.25, 0.3) is 0 Å². The van der Waals surface area contributed by atoms with E-state index >= 15 is 0 Å². The fraction of sp³-hybridized carbons (Fsp3) is 0.250. The Hall–Kier alpha value is -0.530. The molecule has 0 saturated heterocycles. The van der Waals surface area contributed by atoms with Gasteiger partial charge >= 0.3 is 0 Å². The van der Waals surface area contributed by atoms with Gasteiger partial charge in [-0.25, -0.2) is 0 Å². The largest absolute Gasteiger partial charge is 0.271 e. The van der Waals surface area contributed by atoms with Crippen LogP contribution in [0.15, 0.2) is 17.5 Å². The smallest absolute Gasteiger partial charge is 0.0941 e. The fourth-order valence-corrected chi connectivity index (χ4v) is 2.88. The molecule has 1 unspecified atom stereocenters. The number of nitrogens with one attached hydrogen (secondary N) is 1. The first-order valence-corrected chi connectivity index (χ1v) is 6.30. The van der Waals surface area contributed by atoms with Crippen LogP contribution in [-0.2, 0) is 6.42 Å². The molecule has 2 rings (SSSR count). The van der Waals surface area contributed by atoms with E-state index in [2.05, 4.69) is 15.0 Å². The van der Waals surface area contributed by atoms with Gasteiger partial charge in [-0.15, -0.1) is 16.4 Å². The molecule has 0 fully saturated rings. The van der Waals surface area contributed by atoms with Gasteiger partial charge in [0.2, 0.25) is 0 Å². The minimum absolute atomic E-state index is 0.00142. The minimum Gasteiger partial charge on any atom is -0.271 e. The Bertz CT molecular complexity index is 414. The van der Waals surface area contributed by atoms with Crippen molar-refractivity contribution in [1.29, 1.82) is 0 Å². The highest BCUT2D eigenvalue weighted by atomic mass is 35.5. The Morgan fingerprint density at radius 2 is 2.40 bits per heavy atom. The van der Waals surface area contributed by atoms with E-state index in [0.717, 1.165) is 16.5 Å². The molecule has 0 aliphatic rings. The SMILES string of the molecule is NNC(Cc1ccc(Cl)s1)c1csnn1. The summed E-state index contributed by atoms with van der Waals surface area (Å²) < 4.78 is 4.60. The van der Waals surface area contributed by atoms with Crippen LogP contribution >= 0.6 is 34.5 Å². The average Bonchev–Trinajstić information content (AvgIpc) is 2.85. The molecule has 4 nitrogen and oxygen atoms in total. The lowest BCUT2D eigenvalue weighted by Gasteiger charge is -2.10. The number of hydrogen-bond donors (Lipinski definition) is 2. The zero-order chi connectivity index (χ0) is 10.7. The Labute approximate surface area is 100 Å². The standard InChI is InChI=1S/C8H9ClN4S2/c9-8-2-1-5(15-8)3-6(11-10)7-4-14-13-12-7/h1-2,4,6,11H,3,10H2. The van der Waals surface area contributed by atoms with Crippen LogP contribution in [0.5, 0.6) is 0 Å². The number of hydrazine groups is 1. The number of hydrogen-bond acceptors (Lipinski definition) is 6. The molecule has 0 spiro atoms. The second kappa shape index (κ2) is 5.00. The second-order valence-corrected chi connectivity index (χ2v) is 5.37. The lowest BCUT2D eigenvalue weighted by atomic mass is 10.1. The molecule has 2 aromatic heterocycles. The quantitative estimate of drug-likeness (QED) is 0.652. The first-order chi connectivity index (χ1) is 7.29. The summed E-state index contributed by atoms with van der Waals surface area (Å²) in [5.74, 6) is 5.48. The molecule has 0 amide bonds. The molecule has 1 atom stereocenters. The zero-order valence-corrected chi connectivity index (χ0v) is 10.1. The van der Waals surface area contributed by atoms with Gasteiger partial charge in [-0.1, -0.05) is 16.1 Å². The van der Waals surface area contributed by atoms with Crippen LogP contribution in [0.2, 0.25) is 4.34 Å². The predicted octanol–water partition coefficient (Wildman–Crippen LogP) is 2.00. The second-order valence-electron chi connectivity index (χ2n) is 2.96. The van der Waals surface area contributed by atoms with Gasteiger partial charge in [-0.05, 0) is 23.7 Å². The summed E-state index contributed by atoms with van der Waals surface area (Å²) in [6.45, 7) is 0. The summed E-state index contributed by atoms with van der Waals surface area (Å²) >= 11 is 8.73. The summed E-state index contributed by atoms with van der Waals surface area (Å²) in [5, 5.41) is 5.88. The van der Waals surface area contributed by atoms with Gasteiger partial charge in [0.1, 0.15) is 0 Å². The highest BCUT2D eigenvalue weighted by Crippen LogP contribution is 2.25. The van der Waals surface area contributed by atoms with E-state index in [0.29, 0.717) is 0 Å². The molecule has 2 aromatic rings. The fourth-order valence-electron chi connectivity index (χ4n) is 1.24. The first kappa shape index (κ1) is 11.0. The lowest BCUT2D eigenvalue weighted by Crippen LogP contribution is -2.29. The maximum atomic E-state index is 5.85. The molecule has 0 saturated carbocycles. The molecule has 0 aliphatic heterocycles. The van der Waals surface area contributed by atoms with E-state index < -0.39 is 0 Å². The summed E-state index contributed by atoms with van der Waals surface area (Å²) in [7, 11) is 0. The number of nitrogens with zero attached hydrogens (tertiary/aromatic N) is 2. The molecule has 2 heterocycles. The average molecular weight is 261 g/mol. The van der Waals surface area contributed by atoms with Crippen LogP contribution in [-0.4, -0.2) is 9.59 Å². The topological polar surface area (TPSA) is 63.8 Å². The van der Waals surface area contributed by atoms with Crippen LogP contribution in [0.4, 0.5) is 0 Å². The molecular formula is C8H9ClN4S2. The number of thiophene rings is 1. The Morgan fingerprint density at radius 3 is 2.93 bits per heavy atom. The van der Waals surface area contributed by atoms with Crippen molar-refractivity contribution in [2.75, 3.05) is 0 Å². The third kappa shape index (κ3) is 2.73. The predicted molar refractivity (Wildman–Crippen MR) is 63.0 cm³/mol. The molecule has 0 aliphatic carbocycles. The van der Waals surface area contributed by atoms with Gasteiger partial charge < -0.3 is 0 Å². The van der Waals surface area contributed by atoms with Crippen molar-refractivity contribution >= 4 is 34.5 Å². The van der Waals surface area contributed by atoms with Crippen molar-refractivity contribution in [2.24, 2.45) is 5.84 Å². The third-order valence-corrected chi connectivity index (χ3v) is 3.75. The van der Waals surface area contributed by atoms with Gasteiger partial charge in [0.05, 0.1) is 16.1 Å². The molecule has 0 aromatic carbocycles. The summed E-state index contributed by atoms with van der Waals surface area (Å²) in [4.78, 5) is 1.18. The van der Waals surface area contributed by atoms with Crippen molar-refractivity contribution in [3.05, 3.63) is 32.4 Å². The van der Waals surface area contributed by atoms with E-state index in [4.69, 9.17) is 17.4 Å². The summed E-state index contributed by atoms with van der Waals surface area (Å²) in [5.41, 5.74) is 3.60. The molecule has 0 bridgehead atoms. The first-order valence-electron chi connectivity index (χ1n) is 4.27. The Morgan fingerprint density at radius 1 is 1.53 bits per heavy atom. The van der Waals surface area contributed by atoms with Crippen LogP contribution in [0.1, 0.15) is 16.6 Å². The van der Waals surface area contributed by atoms with Crippen molar-refractivity contribution in [1.82, 2.24) is 15.0 Å². The number of halogens is 1. The third-order valence-electron chi connectivity index (χ3n) is 1.97. The summed E-state index contributed by atoms with van der Waals surface area (Å²) in [6, 6.07) is 3.88. The van der Waals surface area contributed by atoms with Gasteiger partial charge in [-0.2, -0.15) is 0 Å². The Kier molecular flexibility index (Phi) is 3.66. The maximum Gasteiger partial charge on any atom is 0.0941 e. The van der Waals surface area contributed by atoms with Gasteiger partial charge in [0, 0.05) is 16.7 Å². The maximum absolute atomic E-state index is 5.85. The highest BCUT2D eigenvalue weighted by Gasteiger charge is 2.14. The molecule has 0 radical (unpaired) electrons. The van der Waals surface area contributed by atoms with Crippen LogP contribution < -0.4 is 11.3 Å². The van der Waals surface area contributed by atoms with E-state index in [9.17, 15) is 0 Å². The molecule has 7 heteroatoms. The molecule has 3 N–H and O–H groups in total. The van der Waals surface area contributed by atoms with Crippen LogP contribution in [0, 0.1) is 0 Å². The van der Waals surface area contributed by atoms with E-state index in [1.54, 1.807) is 11.3 Å². The lowest BCUT2D eigenvalue weighted by molar-refractivity contribution is 0.540. The van der Waals surface area contributed by atoms with Crippen molar-refractivity contribution in [3.63, 3.8) is 0 Å². The van der Waals surface area contributed by atoms with E-state index in [1.165, 1.54) is 16.4 Å². The zero-order valence-electron chi connectivity index (χ0n) is 7.68. The van der Waals surface area contributed by atoms with Crippen molar-refractivity contribution in [3.8, 4) is 0 Å². The normalized spacial score (nSPS) is 12.9.